The van der Waals surface area contributed by atoms with Crippen LogP contribution < -0.4 is 15.5 Å². The molecule has 1 aliphatic carbocycles. The number of rotatable bonds is 6. The van der Waals surface area contributed by atoms with E-state index in [1.54, 1.807) is 0 Å². The SMILES string of the molecule is CCS(=O)C1CCCC(NC(=NC)NCc2cccc(N3CC=CC3)c2)C1.I. The molecule has 7 heteroatoms. The molecule has 5 nitrogen and oxygen atoms in total. The van der Waals surface area contributed by atoms with Crippen LogP contribution in [-0.2, 0) is 17.3 Å². The van der Waals surface area contributed by atoms with Crippen molar-refractivity contribution >= 4 is 46.4 Å². The lowest BCUT2D eigenvalue weighted by Crippen LogP contribution is -2.46. The summed E-state index contributed by atoms with van der Waals surface area (Å²) in [5.74, 6) is 1.59. The molecule has 0 aromatic heterocycles. The molecule has 1 aromatic rings. The summed E-state index contributed by atoms with van der Waals surface area (Å²) in [5, 5.41) is 7.30. The van der Waals surface area contributed by atoms with Gasteiger partial charge in [0.2, 0.25) is 0 Å². The molecule has 156 valence electrons. The van der Waals surface area contributed by atoms with Crippen molar-refractivity contribution in [3.63, 3.8) is 0 Å². The molecule has 0 spiro atoms. The Morgan fingerprint density at radius 2 is 2.07 bits per heavy atom. The maximum atomic E-state index is 12.1. The first-order chi connectivity index (χ1) is 13.2. The molecule has 3 rings (SSSR count). The molecule has 2 aliphatic rings. The summed E-state index contributed by atoms with van der Waals surface area (Å²) in [6.07, 6.45) is 8.73. The zero-order valence-electron chi connectivity index (χ0n) is 16.9. The summed E-state index contributed by atoms with van der Waals surface area (Å²) >= 11 is 0. The quantitative estimate of drug-likeness (QED) is 0.263. The summed E-state index contributed by atoms with van der Waals surface area (Å²) in [6.45, 7) is 4.73. The first-order valence-corrected chi connectivity index (χ1v) is 11.4. The van der Waals surface area contributed by atoms with Crippen LogP contribution in [-0.4, -0.2) is 47.4 Å². The first kappa shape index (κ1) is 23.2. The van der Waals surface area contributed by atoms with E-state index in [9.17, 15) is 4.21 Å². The van der Waals surface area contributed by atoms with Gasteiger partial charge in [-0.05, 0) is 37.0 Å². The zero-order valence-corrected chi connectivity index (χ0v) is 20.0. The predicted octanol–water partition coefficient (Wildman–Crippen LogP) is 3.43. The largest absolute Gasteiger partial charge is 0.364 e. The molecule has 3 atom stereocenters. The zero-order chi connectivity index (χ0) is 19.1. The standard InChI is InChI=1S/C21H32N4OS.HI/c1-3-27(26)20-11-7-9-18(15-20)24-21(22-2)23-16-17-8-6-10-19(14-17)25-12-4-5-13-25;/h4-6,8,10,14,18,20H,3,7,9,11-13,15-16H2,1-2H3,(H2,22,23,24);1H. The highest BCUT2D eigenvalue weighted by atomic mass is 127. The van der Waals surface area contributed by atoms with E-state index < -0.39 is 10.8 Å². The molecule has 3 unspecified atom stereocenters. The van der Waals surface area contributed by atoms with Crippen molar-refractivity contribution in [1.82, 2.24) is 10.6 Å². The number of guanidine groups is 1. The van der Waals surface area contributed by atoms with Gasteiger partial charge in [-0.15, -0.1) is 24.0 Å². The van der Waals surface area contributed by atoms with E-state index in [-0.39, 0.29) is 24.0 Å². The van der Waals surface area contributed by atoms with E-state index in [1.807, 2.05) is 14.0 Å². The lowest BCUT2D eigenvalue weighted by Gasteiger charge is -2.30. The fraction of sp³-hybridized carbons (Fsp3) is 0.571. The van der Waals surface area contributed by atoms with Gasteiger partial charge in [0, 0.05) is 60.2 Å². The molecule has 1 heterocycles. The van der Waals surface area contributed by atoms with Gasteiger partial charge in [-0.25, -0.2) is 0 Å². The minimum atomic E-state index is -0.698. The van der Waals surface area contributed by atoms with Crippen molar-refractivity contribution in [3.05, 3.63) is 42.0 Å². The van der Waals surface area contributed by atoms with Gasteiger partial charge in [0.1, 0.15) is 0 Å². The van der Waals surface area contributed by atoms with E-state index in [0.29, 0.717) is 11.3 Å². The summed E-state index contributed by atoms with van der Waals surface area (Å²) in [4.78, 5) is 6.74. The molecule has 0 radical (unpaired) electrons. The van der Waals surface area contributed by atoms with Crippen LogP contribution in [0.2, 0.25) is 0 Å². The lowest BCUT2D eigenvalue weighted by atomic mass is 9.95. The fourth-order valence-electron chi connectivity index (χ4n) is 3.88. The average molecular weight is 516 g/mol. The van der Waals surface area contributed by atoms with Crippen molar-refractivity contribution in [2.24, 2.45) is 4.99 Å². The number of benzene rings is 1. The first-order valence-electron chi connectivity index (χ1n) is 10.0. The summed E-state index contributed by atoms with van der Waals surface area (Å²) in [6, 6.07) is 9.03. The second-order valence-corrected chi connectivity index (χ2v) is 9.28. The molecule has 2 N–H and O–H groups in total. The number of halogens is 1. The molecule has 0 amide bonds. The molecule has 28 heavy (non-hydrogen) atoms. The third kappa shape index (κ3) is 6.47. The van der Waals surface area contributed by atoms with Gasteiger partial charge < -0.3 is 15.5 Å². The predicted molar refractivity (Wildman–Crippen MR) is 131 cm³/mol. The summed E-state index contributed by atoms with van der Waals surface area (Å²) in [7, 11) is 1.11. The van der Waals surface area contributed by atoms with E-state index in [4.69, 9.17) is 0 Å². The Hall–Kier alpha value is -1.09. The van der Waals surface area contributed by atoms with Gasteiger partial charge in [-0.2, -0.15) is 0 Å². The van der Waals surface area contributed by atoms with Crippen molar-refractivity contribution in [2.75, 3.05) is 30.8 Å². The Balaban J connectivity index is 0.00000280. The number of aliphatic imine (C=N–C) groups is 1. The highest BCUT2D eigenvalue weighted by Gasteiger charge is 2.26. The molecule has 0 bridgehead atoms. The van der Waals surface area contributed by atoms with Crippen LogP contribution in [0.15, 0.2) is 41.4 Å². The minimum absolute atomic E-state index is 0. The Kier molecular flexibility index (Phi) is 9.77. The van der Waals surface area contributed by atoms with Gasteiger partial charge >= 0.3 is 0 Å². The van der Waals surface area contributed by atoms with E-state index in [0.717, 1.165) is 57.0 Å². The molecule has 1 aromatic carbocycles. The topological polar surface area (TPSA) is 56.7 Å². The second kappa shape index (κ2) is 11.8. The normalized spacial score (nSPS) is 23.2. The van der Waals surface area contributed by atoms with Crippen LogP contribution in [0.25, 0.3) is 0 Å². The van der Waals surface area contributed by atoms with Gasteiger partial charge in [-0.3, -0.25) is 9.20 Å². The van der Waals surface area contributed by atoms with E-state index in [1.165, 1.54) is 11.3 Å². The third-order valence-corrected chi connectivity index (χ3v) is 7.14. The van der Waals surface area contributed by atoms with E-state index >= 15 is 0 Å². The van der Waals surface area contributed by atoms with Crippen LogP contribution in [0.4, 0.5) is 5.69 Å². The Labute approximate surface area is 188 Å². The highest BCUT2D eigenvalue weighted by Crippen LogP contribution is 2.23. The third-order valence-electron chi connectivity index (χ3n) is 5.40. The van der Waals surface area contributed by atoms with Gasteiger partial charge in [-0.1, -0.05) is 37.6 Å². The molecule has 1 fully saturated rings. The molecule has 1 aliphatic heterocycles. The summed E-state index contributed by atoms with van der Waals surface area (Å²) < 4.78 is 12.1. The number of hydrogen-bond acceptors (Lipinski definition) is 3. The second-order valence-electron chi connectivity index (χ2n) is 7.27. The van der Waals surface area contributed by atoms with Crippen LogP contribution in [0.3, 0.4) is 0 Å². The minimum Gasteiger partial charge on any atom is -0.364 e. The smallest absolute Gasteiger partial charge is 0.191 e. The van der Waals surface area contributed by atoms with Crippen LogP contribution >= 0.6 is 24.0 Å². The Bertz CT molecular complexity index is 701. The maximum Gasteiger partial charge on any atom is 0.191 e. The number of nitrogens with one attached hydrogen (secondary N) is 2. The molecule has 1 saturated carbocycles. The van der Waals surface area contributed by atoms with Crippen LogP contribution in [0.1, 0.15) is 38.2 Å². The fourth-order valence-corrected chi connectivity index (χ4v) is 5.22. The van der Waals surface area contributed by atoms with Crippen molar-refractivity contribution < 1.29 is 4.21 Å². The maximum absolute atomic E-state index is 12.1. The number of nitrogens with zero attached hydrogens (tertiary/aromatic N) is 2. The van der Waals surface area contributed by atoms with Gasteiger partial charge in [0.05, 0.1) is 0 Å². The Morgan fingerprint density at radius 1 is 1.29 bits per heavy atom. The average Bonchev–Trinajstić information content (AvgIpc) is 3.26. The van der Waals surface area contributed by atoms with Crippen molar-refractivity contribution in [1.29, 1.82) is 0 Å². The highest BCUT2D eigenvalue weighted by molar-refractivity contribution is 14.0. The molecular formula is C21H33IN4OS. The van der Waals surface area contributed by atoms with E-state index in [2.05, 4.69) is 56.9 Å². The van der Waals surface area contributed by atoms with Crippen molar-refractivity contribution in [2.45, 2.75) is 50.4 Å². The lowest BCUT2D eigenvalue weighted by molar-refractivity contribution is 0.413. The van der Waals surface area contributed by atoms with Crippen molar-refractivity contribution in [3.8, 4) is 0 Å². The molecule has 0 saturated heterocycles. The van der Waals surface area contributed by atoms with Crippen LogP contribution in [0.5, 0.6) is 0 Å². The Morgan fingerprint density at radius 3 is 2.79 bits per heavy atom. The summed E-state index contributed by atoms with van der Waals surface area (Å²) in [5.41, 5.74) is 2.51. The van der Waals surface area contributed by atoms with Gasteiger partial charge in [0.25, 0.3) is 0 Å². The monoisotopic (exact) mass is 516 g/mol. The van der Waals surface area contributed by atoms with Crippen LogP contribution in [0, 0.1) is 0 Å². The number of anilines is 1. The number of hydrogen-bond donors (Lipinski definition) is 2. The molecular weight excluding hydrogens is 483 g/mol. The van der Waals surface area contributed by atoms with Gasteiger partial charge in [0.15, 0.2) is 5.96 Å².